The number of urea groups is 1. The van der Waals surface area contributed by atoms with E-state index in [1.165, 1.54) is 19.1 Å². The Morgan fingerprint density at radius 1 is 1.37 bits per heavy atom. The Morgan fingerprint density at radius 3 is 2.37 bits per heavy atom. The highest BCUT2D eigenvalue weighted by Crippen LogP contribution is 2.18. The molecule has 0 heterocycles. The first-order valence-electron chi connectivity index (χ1n) is 5.51. The number of hydrogen-bond donors (Lipinski definition) is 3. The van der Waals surface area contributed by atoms with Gasteiger partial charge in [-0.1, -0.05) is 0 Å². The molecule has 7 nitrogen and oxygen atoms in total. The number of aliphatic hydroxyl groups is 1. The van der Waals surface area contributed by atoms with Crippen LogP contribution in [-0.2, 0) is 4.79 Å². The van der Waals surface area contributed by atoms with Crippen molar-refractivity contribution in [2.75, 3.05) is 25.7 Å². The summed E-state index contributed by atoms with van der Waals surface area (Å²) in [5, 5.41) is 19.8. The maximum Gasteiger partial charge on any atom is 0.328 e. The van der Waals surface area contributed by atoms with E-state index >= 15 is 0 Å². The van der Waals surface area contributed by atoms with Gasteiger partial charge in [0.1, 0.15) is 5.75 Å². The fourth-order valence-corrected chi connectivity index (χ4v) is 1.35. The summed E-state index contributed by atoms with van der Waals surface area (Å²) >= 11 is 0. The van der Waals surface area contributed by atoms with Gasteiger partial charge in [0, 0.05) is 12.7 Å². The molecule has 1 atom stereocenters. The fraction of sp³-hybridized carbons (Fsp3) is 0.333. The molecule has 1 aromatic carbocycles. The third-order valence-corrected chi connectivity index (χ3v) is 2.54. The number of carbonyl (C=O) groups excluding carboxylic acids is 1. The highest BCUT2D eigenvalue weighted by Gasteiger charge is 2.21. The Labute approximate surface area is 110 Å². The normalized spacial score (nSPS) is 11.5. The molecule has 0 bridgehead atoms. The second kappa shape index (κ2) is 6.60. The Balaban J connectivity index is 2.72. The van der Waals surface area contributed by atoms with E-state index in [4.69, 9.17) is 14.9 Å². The first kappa shape index (κ1) is 14.8. The average molecular weight is 268 g/mol. The molecule has 19 heavy (non-hydrogen) atoms. The lowest BCUT2D eigenvalue weighted by atomic mass is 10.3. The summed E-state index contributed by atoms with van der Waals surface area (Å²) in [6, 6.07) is 4.74. The predicted octanol–water partition coefficient (Wildman–Crippen LogP) is 0.286. The molecule has 2 amide bonds. The molecule has 3 N–H and O–H groups in total. The lowest BCUT2D eigenvalue weighted by molar-refractivity contribution is -0.140. The highest BCUT2D eigenvalue weighted by atomic mass is 16.5. The van der Waals surface area contributed by atoms with E-state index < -0.39 is 24.6 Å². The van der Waals surface area contributed by atoms with E-state index in [2.05, 4.69) is 5.32 Å². The summed E-state index contributed by atoms with van der Waals surface area (Å²) < 4.78 is 4.99. The molecule has 0 aliphatic carbocycles. The molecule has 0 unspecified atom stereocenters. The smallest absolute Gasteiger partial charge is 0.328 e. The topological polar surface area (TPSA) is 99.1 Å². The van der Waals surface area contributed by atoms with Gasteiger partial charge in [-0.2, -0.15) is 0 Å². The molecule has 0 aliphatic heterocycles. The minimum atomic E-state index is -1.33. The summed E-state index contributed by atoms with van der Waals surface area (Å²) in [5.41, 5.74) is 0.570. The number of methoxy groups -OCH3 is 1. The number of carboxylic acids is 1. The van der Waals surface area contributed by atoms with Gasteiger partial charge in [0.25, 0.3) is 0 Å². The highest BCUT2D eigenvalue weighted by molar-refractivity contribution is 5.94. The van der Waals surface area contributed by atoms with E-state index in [-0.39, 0.29) is 0 Å². The molecule has 7 heteroatoms. The van der Waals surface area contributed by atoms with Crippen molar-refractivity contribution in [2.45, 2.75) is 6.04 Å². The van der Waals surface area contributed by atoms with Crippen molar-refractivity contribution >= 4 is 17.7 Å². The van der Waals surface area contributed by atoms with Gasteiger partial charge in [-0.05, 0) is 24.3 Å². The number of anilines is 1. The number of carbonyl (C=O) groups is 2. The second-order valence-electron chi connectivity index (χ2n) is 3.78. The number of aliphatic hydroxyl groups excluding tert-OH is 1. The number of nitrogens with one attached hydrogen (secondary N) is 1. The van der Waals surface area contributed by atoms with Gasteiger partial charge in [-0.15, -0.1) is 0 Å². The zero-order chi connectivity index (χ0) is 14.4. The van der Waals surface area contributed by atoms with Gasteiger partial charge in [-0.3, -0.25) is 4.90 Å². The first-order valence-corrected chi connectivity index (χ1v) is 5.51. The molecule has 0 saturated carbocycles. The third-order valence-electron chi connectivity index (χ3n) is 2.54. The number of benzene rings is 1. The molecule has 0 aliphatic rings. The van der Waals surface area contributed by atoms with Crippen LogP contribution in [0.4, 0.5) is 10.5 Å². The van der Waals surface area contributed by atoms with Crippen LogP contribution in [0.3, 0.4) is 0 Å². The largest absolute Gasteiger partial charge is 0.497 e. The number of amides is 2. The van der Waals surface area contributed by atoms with E-state index in [0.29, 0.717) is 11.4 Å². The Hall–Kier alpha value is -2.28. The zero-order valence-corrected chi connectivity index (χ0v) is 10.7. The molecule has 0 radical (unpaired) electrons. The van der Waals surface area contributed by atoms with Crippen molar-refractivity contribution in [2.24, 2.45) is 0 Å². The maximum atomic E-state index is 11.8. The third kappa shape index (κ3) is 3.85. The summed E-state index contributed by atoms with van der Waals surface area (Å²) in [4.78, 5) is 23.7. The zero-order valence-electron chi connectivity index (χ0n) is 10.7. The summed E-state index contributed by atoms with van der Waals surface area (Å²) in [5.74, 6) is -0.643. The standard InChI is InChI=1S/C12H16N2O5/c1-14(8-3-5-9(19-2)6-4-8)12(18)13-10(7-15)11(16)17/h3-6,10,15H,7H2,1-2H3,(H,13,18)(H,16,17)/t10-/m0/s1. The number of aliphatic carboxylic acids is 1. The van der Waals surface area contributed by atoms with Crippen molar-refractivity contribution in [1.82, 2.24) is 5.32 Å². The van der Waals surface area contributed by atoms with Crippen molar-refractivity contribution in [3.63, 3.8) is 0 Å². The molecular formula is C12H16N2O5. The number of hydrogen-bond acceptors (Lipinski definition) is 4. The molecule has 104 valence electrons. The number of carboxylic acid groups (broad SMARTS) is 1. The van der Waals surface area contributed by atoms with Gasteiger partial charge in [0.2, 0.25) is 0 Å². The van der Waals surface area contributed by atoms with Crippen LogP contribution in [0.2, 0.25) is 0 Å². The van der Waals surface area contributed by atoms with Gasteiger partial charge < -0.3 is 20.3 Å². The van der Waals surface area contributed by atoms with Crippen LogP contribution in [-0.4, -0.2) is 49.0 Å². The molecular weight excluding hydrogens is 252 g/mol. The minimum absolute atomic E-state index is 0.570. The Bertz CT molecular complexity index is 446. The number of nitrogens with zero attached hydrogens (tertiary/aromatic N) is 1. The number of ether oxygens (including phenoxy) is 1. The monoisotopic (exact) mass is 268 g/mol. The minimum Gasteiger partial charge on any atom is -0.497 e. The lowest BCUT2D eigenvalue weighted by Crippen LogP contribution is -2.48. The van der Waals surface area contributed by atoms with Crippen molar-refractivity contribution in [1.29, 1.82) is 0 Å². The van der Waals surface area contributed by atoms with E-state index in [0.717, 1.165) is 0 Å². The molecule has 0 spiro atoms. The maximum absolute atomic E-state index is 11.8. The SMILES string of the molecule is COc1ccc(N(C)C(=O)N[C@@H](CO)C(=O)O)cc1. The second-order valence-corrected chi connectivity index (χ2v) is 3.78. The fourth-order valence-electron chi connectivity index (χ4n) is 1.35. The average Bonchev–Trinajstić information content (AvgIpc) is 2.43. The Kier molecular flexibility index (Phi) is 5.13. The van der Waals surface area contributed by atoms with Crippen LogP contribution in [0.1, 0.15) is 0 Å². The van der Waals surface area contributed by atoms with Crippen LogP contribution in [0.5, 0.6) is 5.75 Å². The molecule has 0 saturated heterocycles. The van der Waals surface area contributed by atoms with Crippen LogP contribution in [0, 0.1) is 0 Å². The van der Waals surface area contributed by atoms with Gasteiger partial charge >= 0.3 is 12.0 Å². The van der Waals surface area contributed by atoms with Gasteiger partial charge in [-0.25, -0.2) is 9.59 Å². The van der Waals surface area contributed by atoms with Crippen molar-refractivity contribution < 1.29 is 24.5 Å². The molecule has 0 fully saturated rings. The molecule has 1 rings (SSSR count). The predicted molar refractivity (Wildman–Crippen MR) is 68.4 cm³/mol. The molecule has 1 aromatic rings. The van der Waals surface area contributed by atoms with Crippen molar-refractivity contribution in [3.8, 4) is 5.75 Å². The quantitative estimate of drug-likeness (QED) is 0.712. The van der Waals surface area contributed by atoms with Crippen LogP contribution in [0.25, 0.3) is 0 Å². The van der Waals surface area contributed by atoms with Gasteiger partial charge in [0.05, 0.1) is 13.7 Å². The summed E-state index contributed by atoms with van der Waals surface area (Å²) in [6.45, 7) is -0.669. The van der Waals surface area contributed by atoms with Crippen LogP contribution in [0.15, 0.2) is 24.3 Å². The van der Waals surface area contributed by atoms with Crippen LogP contribution < -0.4 is 15.0 Å². The van der Waals surface area contributed by atoms with Gasteiger partial charge in [0.15, 0.2) is 6.04 Å². The number of rotatable bonds is 5. The van der Waals surface area contributed by atoms with E-state index in [1.807, 2.05) is 0 Å². The first-order chi connectivity index (χ1) is 8.99. The Morgan fingerprint density at radius 2 is 1.95 bits per heavy atom. The van der Waals surface area contributed by atoms with E-state index in [9.17, 15) is 9.59 Å². The van der Waals surface area contributed by atoms with E-state index in [1.54, 1.807) is 24.3 Å². The molecule has 0 aromatic heterocycles. The van der Waals surface area contributed by atoms with Crippen molar-refractivity contribution in [3.05, 3.63) is 24.3 Å². The lowest BCUT2D eigenvalue weighted by Gasteiger charge is -2.20. The van der Waals surface area contributed by atoms with Crippen LogP contribution >= 0.6 is 0 Å². The summed E-state index contributed by atoms with van der Waals surface area (Å²) in [6.07, 6.45) is 0. The summed E-state index contributed by atoms with van der Waals surface area (Å²) in [7, 11) is 3.03.